The molecule has 0 unspecified atom stereocenters. The third kappa shape index (κ3) is 4.12. The predicted octanol–water partition coefficient (Wildman–Crippen LogP) is 3.30. The van der Waals surface area contributed by atoms with E-state index in [2.05, 4.69) is 10.3 Å². The van der Waals surface area contributed by atoms with Gasteiger partial charge in [0.1, 0.15) is 16.7 Å². The van der Waals surface area contributed by atoms with Gasteiger partial charge < -0.3 is 10.1 Å². The maximum Gasteiger partial charge on any atom is 0.407 e. The highest BCUT2D eigenvalue weighted by molar-refractivity contribution is 7.90. The summed E-state index contributed by atoms with van der Waals surface area (Å²) in [5.41, 5.74) is 1.68. The van der Waals surface area contributed by atoms with Gasteiger partial charge in [0.15, 0.2) is 0 Å². The fraction of sp³-hybridized carbons (Fsp3) is 0.111. The molecule has 2 heterocycles. The first-order valence-corrected chi connectivity index (χ1v) is 9.72. The summed E-state index contributed by atoms with van der Waals surface area (Å²) >= 11 is 5.76. The van der Waals surface area contributed by atoms with Gasteiger partial charge in [-0.1, -0.05) is 41.9 Å². The van der Waals surface area contributed by atoms with Crippen LogP contribution in [0.1, 0.15) is 5.56 Å². The first kappa shape index (κ1) is 18.9. The van der Waals surface area contributed by atoms with Crippen molar-refractivity contribution in [1.29, 1.82) is 0 Å². The van der Waals surface area contributed by atoms with Crippen molar-refractivity contribution in [1.82, 2.24) is 14.3 Å². The van der Waals surface area contributed by atoms with Crippen LogP contribution in [0, 0.1) is 0 Å². The van der Waals surface area contributed by atoms with Crippen molar-refractivity contribution < 1.29 is 17.9 Å². The molecule has 9 heteroatoms. The van der Waals surface area contributed by atoms with Crippen LogP contribution in [0.25, 0.3) is 11.3 Å². The SMILES string of the molecule is CNC(=O)OCc1cc(-c2ccccc2)n(S(=O)(=O)c2ccc(Cl)nc2)c1. The van der Waals surface area contributed by atoms with Crippen LogP contribution in [-0.4, -0.2) is 30.5 Å². The number of hydrogen-bond donors (Lipinski definition) is 1. The molecule has 1 aromatic carbocycles. The smallest absolute Gasteiger partial charge is 0.407 e. The van der Waals surface area contributed by atoms with E-state index in [-0.39, 0.29) is 16.7 Å². The molecule has 0 bridgehead atoms. The molecule has 3 aromatic rings. The lowest BCUT2D eigenvalue weighted by molar-refractivity contribution is 0.142. The van der Waals surface area contributed by atoms with Gasteiger partial charge in [-0.15, -0.1) is 0 Å². The summed E-state index contributed by atoms with van der Waals surface area (Å²) in [7, 11) is -2.47. The minimum atomic E-state index is -3.92. The highest BCUT2D eigenvalue weighted by atomic mass is 35.5. The van der Waals surface area contributed by atoms with Crippen molar-refractivity contribution in [3.8, 4) is 11.3 Å². The molecule has 0 aliphatic rings. The van der Waals surface area contributed by atoms with Gasteiger partial charge in [0.25, 0.3) is 10.0 Å². The van der Waals surface area contributed by atoms with Crippen LogP contribution in [0.2, 0.25) is 5.15 Å². The molecule has 27 heavy (non-hydrogen) atoms. The fourth-order valence-electron chi connectivity index (χ4n) is 2.44. The monoisotopic (exact) mass is 405 g/mol. The van der Waals surface area contributed by atoms with E-state index in [1.807, 2.05) is 18.2 Å². The minimum Gasteiger partial charge on any atom is -0.445 e. The Hall–Kier alpha value is -2.84. The van der Waals surface area contributed by atoms with Gasteiger partial charge in [0.2, 0.25) is 0 Å². The van der Waals surface area contributed by atoms with Crippen LogP contribution in [0.4, 0.5) is 4.79 Å². The zero-order valence-corrected chi connectivity index (χ0v) is 15.9. The van der Waals surface area contributed by atoms with Crippen LogP contribution in [-0.2, 0) is 21.4 Å². The number of hydrogen-bond acceptors (Lipinski definition) is 5. The molecule has 2 aromatic heterocycles. The number of carbonyl (C=O) groups excluding carboxylic acids is 1. The second-order valence-corrected chi connectivity index (χ2v) is 7.75. The zero-order chi connectivity index (χ0) is 19.4. The van der Waals surface area contributed by atoms with E-state index in [4.69, 9.17) is 16.3 Å². The Bertz CT molecular complexity index is 1050. The molecule has 0 atom stereocenters. The number of nitrogens with one attached hydrogen (secondary N) is 1. The molecule has 0 aliphatic heterocycles. The van der Waals surface area contributed by atoms with Crippen LogP contribution in [0.3, 0.4) is 0 Å². The van der Waals surface area contributed by atoms with Gasteiger partial charge in [-0.25, -0.2) is 22.2 Å². The van der Waals surface area contributed by atoms with E-state index in [1.165, 1.54) is 31.6 Å². The van der Waals surface area contributed by atoms with E-state index in [0.717, 1.165) is 3.97 Å². The number of amides is 1. The highest BCUT2D eigenvalue weighted by Crippen LogP contribution is 2.27. The number of pyridine rings is 1. The number of alkyl carbamates (subject to hydrolysis) is 1. The molecule has 1 N–H and O–H groups in total. The minimum absolute atomic E-state index is 0.00143. The van der Waals surface area contributed by atoms with Crippen molar-refractivity contribution in [2.45, 2.75) is 11.5 Å². The number of carbonyl (C=O) groups is 1. The van der Waals surface area contributed by atoms with Gasteiger partial charge in [0.05, 0.1) is 5.69 Å². The number of ether oxygens (including phenoxy) is 1. The molecule has 1 amide bonds. The van der Waals surface area contributed by atoms with Crippen molar-refractivity contribution in [3.63, 3.8) is 0 Å². The molecule has 7 nitrogen and oxygen atoms in total. The van der Waals surface area contributed by atoms with Crippen LogP contribution < -0.4 is 5.32 Å². The largest absolute Gasteiger partial charge is 0.445 e. The lowest BCUT2D eigenvalue weighted by Crippen LogP contribution is -2.18. The third-order valence-electron chi connectivity index (χ3n) is 3.74. The van der Waals surface area contributed by atoms with Crippen LogP contribution in [0.5, 0.6) is 0 Å². The summed E-state index contributed by atoms with van der Waals surface area (Å²) in [4.78, 5) is 15.2. The molecule has 0 saturated heterocycles. The lowest BCUT2D eigenvalue weighted by Gasteiger charge is -2.10. The molecule has 0 spiro atoms. The van der Waals surface area contributed by atoms with Crippen molar-refractivity contribution >= 4 is 27.7 Å². The number of benzene rings is 1. The maximum atomic E-state index is 13.1. The first-order chi connectivity index (χ1) is 12.9. The van der Waals surface area contributed by atoms with Crippen molar-refractivity contribution in [2.75, 3.05) is 7.05 Å². The van der Waals surface area contributed by atoms with Gasteiger partial charge in [0, 0.05) is 25.0 Å². The Labute approximate surface area is 161 Å². The molecular formula is C18H16ClN3O4S. The molecule has 0 radical (unpaired) electrons. The molecule has 0 fully saturated rings. The standard InChI is InChI=1S/C18H16ClN3O4S/c1-20-18(23)26-12-13-9-16(14-5-3-2-4-6-14)22(11-13)27(24,25)15-7-8-17(19)21-10-15/h2-11H,12H2,1H3,(H,20,23). The zero-order valence-electron chi connectivity index (χ0n) is 14.3. The van der Waals surface area contributed by atoms with E-state index >= 15 is 0 Å². The first-order valence-electron chi connectivity index (χ1n) is 7.90. The Balaban J connectivity index is 2.08. The number of halogens is 1. The Morgan fingerprint density at radius 1 is 1.22 bits per heavy atom. The normalized spacial score (nSPS) is 11.2. The van der Waals surface area contributed by atoms with Crippen LogP contribution >= 0.6 is 11.6 Å². The average molecular weight is 406 g/mol. The number of nitrogens with zero attached hydrogens (tertiary/aromatic N) is 2. The van der Waals surface area contributed by atoms with E-state index in [1.54, 1.807) is 18.2 Å². The molecule has 140 valence electrons. The average Bonchev–Trinajstić information content (AvgIpc) is 3.12. The third-order valence-corrected chi connectivity index (χ3v) is 5.62. The lowest BCUT2D eigenvalue weighted by atomic mass is 10.1. The van der Waals surface area contributed by atoms with Gasteiger partial charge in [-0.05, 0) is 23.8 Å². The van der Waals surface area contributed by atoms with Gasteiger partial charge in [-0.2, -0.15) is 0 Å². The van der Waals surface area contributed by atoms with Gasteiger partial charge in [-0.3, -0.25) is 0 Å². The molecule has 3 rings (SSSR count). The summed E-state index contributed by atoms with van der Waals surface area (Å²) in [6.45, 7) is -0.0686. The highest BCUT2D eigenvalue weighted by Gasteiger charge is 2.22. The van der Waals surface area contributed by atoms with Crippen molar-refractivity contribution in [3.05, 3.63) is 71.6 Å². The molecule has 0 saturated carbocycles. The second kappa shape index (κ2) is 7.81. The molecule has 0 aliphatic carbocycles. The Morgan fingerprint density at radius 2 is 1.96 bits per heavy atom. The maximum absolute atomic E-state index is 13.1. The summed E-state index contributed by atoms with van der Waals surface area (Å²) < 4.78 is 32.4. The van der Waals surface area contributed by atoms with E-state index < -0.39 is 16.1 Å². The number of rotatable bonds is 5. The topological polar surface area (TPSA) is 90.3 Å². The summed E-state index contributed by atoms with van der Waals surface area (Å²) in [5, 5.41) is 2.54. The number of aromatic nitrogens is 2. The quantitative estimate of drug-likeness (QED) is 0.658. The van der Waals surface area contributed by atoms with Crippen molar-refractivity contribution in [2.24, 2.45) is 0 Å². The van der Waals surface area contributed by atoms with E-state index in [0.29, 0.717) is 16.8 Å². The Morgan fingerprint density at radius 3 is 2.59 bits per heavy atom. The fourth-order valence-corrected chi connectivity index (χ4v) is 3.90. The summed E-state index contributed by atoms with van der Waals surface area (Å²) in [6.07, 6.45) is 2.02. The van der Waals surface area contributed by atoms with E-state index in [9.17, 15) is 13.2 Å². The van der Waals surface area contributed by atoms with Crippen LogP contribution in [0.15, 0.2) is 65.8 Å². The Kier molecular flexibility index (Phi) is 5.48. The summed E-state index contributed by atoms with van der Waals surface area (Å²) in [5.74, 6) is 0. The summed E-state index contributed by atoms with van der Waals surface area (Å²) in [6, 6.07) is 13.5. The molecular weight excluding hydrogens is 390 g/mol. The predicted molar refractivity (Wildman–Crippen MR) is 101 cm³/mol. The van der Waals surface area contributed by atoms with Gasteiger partial charge >= 0.3 is 6.09 Å². The second-order valence-electron chi connectivity index (χ2n) is 5.54.